The number of amides is 2. The van der Waals surface area contributed by atoms with Crippen molar-refractivity contribution in [2.45, 2.75) is 6.92 Å². The summed E-state index contributed by atoms with van der Waals surface area (Å²) in [4.78, 5) is 37.8. The molecule has 0 aliphatic rings. The van der Waals surface area contributed by atoms with E-state index in [0.717, 1.165) is 6.07 Å². The predicted molar refractivity (Wildman–Crippen MR) is 84.3 cm³/mol. The molecule has 0 bridgehead atoms. The van der Waals surface area contributed by atoms with E-state index in [2.05, 4.69) is 15.6 Å². The van der Waals surface area contributed by atoms with Crippen LogP contribution in [0.2, 0.25) is 5.02 Å². The normalized spacial score (nSPS) is 10.0. The van der Waals surface area contributed by atoms with Crippen molar-refractivity contribution in [2.24, 2.45) is 0 Å². The quantitative estimate of drug-likeness (QED) is 0.508. The van der Waals surface area contributed by atoms with Gasteiger partial charge in [-0.1, -0.05) is 17.7 Å². The maximum absolute atomic E-state index is 11.9. The average Bonchev–Trinajstić information content (AvgIpc) is 2.49. The number of anilines is 2. The Morgan fingerprint density at radius 3 is 2.52 bits per heavy atom. The summed E-state index contributed by atoms with van der Waals surface area (Å²) in [5, 5.41) is 15.3. The van der Waals surface area contributed by atoms with Gasteiger partial charge in [0.25, 0.3) is 5.69 Å². The van der Waals surface area contributed by atoms with Crippen LogP contribution in [0.15, 0.2) is 36.4 Å². The van der Waals surface area contributed by atoms with Crippen molar-refractivity contribution >= 4 is 40.6 Å². The largest absolute Gasteiger partial charge is 0.316 e. The van der Waals surface area contributed by atoms with Gasteiger partial charge in [-0.05, 0) is 25.1 Å². The van der Waals surface area contributed by atoms with E-state index < -0.39 is 16.7 Å². The highest BCUT2D eigenvalue weighted by atomic mass is 35.5. The first-order chi connectivity index (χ1) is 10.9. The van der Waals surface area contributed by atoms with Crippen LogP contribution >= 0.6 is 11.6 Å². The third-order valence-electron chi connectivity index (χ3n) is 2.75. The second kappa shape index (κ2) is 6.84. The van der Waals surface area contributed by atoms with Gasteiger partial charge in [-0.3, -0.25) is 19.7 Å². The lowest BCUT2D eigenvalue weighted by Gasteiger charge is -2.07. The molecule has 1 aromatic heterocycles. The molecule has 0 radical (unpaired) electrons. The molecule has 0 unspecified atom stereocenters. The number of carbonyl (C=O) groups is 2. The minimum atomic E-state index is -1.02. The molecule has 118 valence electrons. The van der Waals surface area contributed by atoms with Crippen LogP contribution in [0.5, 0.6) is 0 Å². The Kier molecular flexibility index (Phi) is 4.87. The van der Waals surface area contributed by atoms with Crippen molar-refractivity contribution in [1.29, 1.82) is 0 Å². The van der Waals surface area contributed by atoms with Crippen LogP contribution in [0.3, 0.4) is 0 Å². The molecule has 9 heteroatoms. The van der Waals surface area contributed by atoms with Crippen molar-refractivity contribution in [1.82, 2.24) is 4.98 Å². The Balaban J connectivity index is 2.11. The molecule has 0 atom stereocenters. The van der Waals surface area contributed by atoms with Gasteiger partial charge in [0.1, 0.15) is 5.82 Å². The number of aryl methyl sites for hydroxylation is 1. The Morgan fingerprint density at radius 2 is 1.87 bits per heavy atom. The number of hydrogen-bond acceptors (Lipinski definition) is 5. The number of nitrogens with zero attached hydrogens (tertiary/aromatic N) is 2. The van der Waals surface area contributed by atoms with E-state index in [0.29, 0.717) is 5.69 Å². The first kappa shape index (κ1) is 16.4. The van der Waals surface area contributed by atoms with Gasteiger partial charge in [0.2, 0.25) is 0 Å². The monoisotopic (exact) mass is 334 g/mol. The number of nitro groups is 1. The minimum absolute atomic E-state index is 0.0294. The molecule has 0 fully saturated rings. The van der Waals surface area contributed by atoms with Gasteiger partial charge >= 0.3 is 11.8 Å². The molecule has 0 spiro atoms. The van der Waals surface area contributed by atoms with Crippen LogP contribution < -0.4 is 10.6 Å². The lowest BCUT2D eigenvalue weighted by Crippen LogP contribution is -2.29. The SMILES string of the molecule is Cc1cccc(NC(=O)C(=O)Nc2cc([N+](=O)[O-])ccc2Cl)n1. The van der Waals surface area contributed by atoms with Crippen LogP contribution in [0.25, 0.3) is 0 Å². The number of hydrogen-bond donors (Lipinski definition) is 2. The Bertz CT molecular complexity index is 794. The summed E-state index contributed by atoms with van der Waals surface area (Å²) in [5.74, 6) is -1.77. The van der Waals surface area contributed by atoms with Crippen LogP contribution in [0.1, 0.15) is 5.69 Å². The van der Waals surface area contributed by atoms with Gasteiger partial charge in [-0.15, -0.1) is 0 Å². The molecule has 23 heavy (non-hydrogen) atoms. The number of halogens is 1. The summed E-state index contributed by atoms with van der Waals surface area (Å²) >= 11 is 5.85. The van der Waals surface area contributed by atoms with E-state index >= 15 is 0 Å². The van der Waals surface area contributed by atoms with Gasteiger partial charge in [0.05, 0.1) is 15.6 Å². The third-order valence-corrected chi connectivity index (χ3v) is 3.07. The molecule has 2 rings (SSSR count). The van der Waals surface area contributed by atoms with E-state index in [9.17, 15) is 19.7 Å². The third kappa shape index (κ3) is 4.24. The first-order valence-electron chi connectivity index (χ1n) is 6.37. The van der Waals surface area contributed by atoms with E-state index in [1.165, 1.54) is 18.2 Å². The van der Waals surface area contributed by atoms with Crippen molar-refractivity contribution in [3.63, 3.8) is 0 Å². The molecular weight excluding hydrogens is 324 g/mol. The fourth-order valence-corrected chi connectivity index (χ4v) is 1.85. The topological polar surface area (TPSA) is 114 Å². The summed E-state index contributed by atoms with van der Waals surface area (Å²) in [7, 11) is 0. The highest BCUT2D eigenvalue weighted by Crippen LogP contribution is 2.26. The van der Waals surface area contributed by atoms with E-state index in [4.69, 9.17) is 11.6 Å². The first-order valence-corrected chi connectivity index (χ1v) is 6.74. The number of nitro benzene ring substituents is 1. The fourth-order valence-electron chi connectivity index (χ4n) is 1.69. The summed E-state index contributed by atoms with van der Waals surface area (Å²) in [5.41, 5.74) is 0.383. The zero-order valence-corrected chi connectivity index (χ0v) is 12.6. The van der Waals surface area contributed by atoms with Gasteiger partial charge in [-0.2, -0.15) is 0 Å². The zero-order valence-electron chi connectivity index (χ0n) is 11.9. The van der Waals surface area contributed by atoms with Gasteiger partial charge in [0.15, 0.2) is 0 Å². The number of nitrogens with one attached hydrogen (secondary N) is 2. The van der Waals surface area contributed by atoms with E-state index in [1.807, 2.05) is 0 Å². The smallest absolute Gasteiger partial charge is 0.315 e. The molecule has 2 aromatic rings. The molecule has 2 N–H and O–H groups in total. The molecule has 1 heterocycles. The zero-order chi connectivity index (χ0) is 17.0. The van der Waals surface area contributed by atoms with Crippen LogP contribution in [0.4, 0.5) is 17.2 Å². The Morgan fingerprint density at radius 1 is 1.17 bits per heavy atom. The highest BCUT2D eigenvalue weighted by Gasteiger charge is 2.18. The maximum Gasteiger partial charge on any atom is 0.315 e. The van der Waals surface area contributed by atoms with Crippen LogP contribution in [-0.2, 0) is 9.59 Å². The Labute approximate surface area is 135 Å². The van der Waals surface area contributed by atoms with Crippen LogP contribution in [0, 0.1) is 17.0 Å². The molecule has 2 amide bonds. The van der Waals surface area contributed by atoms with Crippen molar-refractivity contribution < 1.29 is 14.5 Å². The van der Waals surface area contributed by atoms with Gasteiger partial charge in [-0.25, -0.2) is 4.98 Å². The molecule has 0 saturated carbocycles. The molecule has 1 aromatic carbocycles. The summed E-state index contributed by atoms with van der Waals surface area (Å²) < 4.78 is 0. The Hall–Kier alpha value is -3.00. The van der Waals surface area contributed by atoms with E-state index in [1.54, 1.807) is 19.1 Å². The van der Waals surface area contributed by atoms with E-state index in [-0.39, 0.29) is 22.2 Å². The number of benzene rings is 1. The standard InChI is InChI=1S/C14H11ClN4O4/c1-8-3-2-4-12(16-8)18-14(21)13(20)17-11-7-9(19(22)23)5-6-10(11)15/h2-7H,1H3,(H,17,20)(H,16,18,21). The fraction of sp³-hybridized carbons (Fsp3) is 0.0714. The van der Waals surface area contributed by atoms with Crippen LogP contribution in [-0.4, -0.2) is 21.7 Å². The molecule has 8 nitrogen and oxygen atoms in total. The summed E-state index contributed by atoms with van der Waals surface area (Å²) in [6.45, 7) is 1.73. The second-order valence-corrected chi connectivity index (χ2v) is 4.90. The molecular formula is C14H11ClN4O4. The second-order valence-electron chi connectivity index (χ2n) is 4.49. The summed E-state index contributed by atoms with van der Waals surface area (Å²) in [6.07, 6.45) is 0. The number of aromatic nitrogens is 1. The highest BCUT2D eigenvalue weighted by molar-refractivity contribution is 6.44. The number of rotatable bonds is 3. The lowest BCUT2D eigenvalue weighted by atomic mass is 10.2. The molecule has 0 aliphatic heterocycles. The molecule has 0 saturated heterocycles. The predicted octanol–water partition coefficient (Wildman–Crippen LogP) is 2.53. The van der Waals surface area contributed by atoms with Gasteiger partial charge < -0.3 is 10.6 Å². The lowest BCUT2D eigenvalue weighted by molar-refractivity contribution is -0.384. The number of carbonyl (C=O) groups excluding carboxylic acids is 2. The van der Waals surface area contributed by atoms with Crippen molar-refractivity contribution in [3.8, 4) is 0 Å². The minimum Gasteiger partial charge on any atom is -0.316 e. The maximum atomic E-state index is 11.9. The van der Waals surface area contributed by atoms with Crippen molar-refractivity contribution in [2.75, 3.05) is 10.6 Å². The summed E-state index contributed by atoms with van der Waals surface area (Å²) in [6, 6.07) is 8.45. The van der Waals surface area contributed by atoms with Crippen molar-refractivity contribution in [3.05, 3.63) is 57.2 Å². The average molecular weight is 335 g/mol. The van der Waals surface area contributed by atoms with Gasteiger partial charge in [0, 0.05) is 17.8 Å². The number of non-ortho nitro benzene ring substituents is 1. The molecule has 0 aliphatic carbocycles. The number of pyridine rings is 1.